The van der Waals surface area contributed by atoms with E-state index in [1.165, 1.54) is 11.0 Å². The van der Waals surface area contributed by atoms with E-state index in [1.807, 2.05) is 26.0 Å². The summed E-state index contributed by atoms with van der Waals surface area (Å²) in [5, 5.41) is 0.370. The third kappa shape index (κ3) is 5.22. The van der Waals surface area contributed by atoms with Crippen LogP contribution in [0.2, 0.25) is 5.02 Å². The molecule has 3 rings (SSSR count). The largest absolute Gasteiger partial charge is 0.313 e. The number of ketones is 1. The Morgan fingerprint density at radius 1 is 1.06 bits per heavy atom. The molecule has 0 aliphatic heterocycles. The number of Topliss-reactive ketones (excluding diaryl/α,β-unsaturated/α-hetero) is 1. The molecule has 4 nitrogen and oxygen atoms in total. The van der Waals surface area contributed by atoms with Crippen LogP contribution in [-0.2, 0) is 11.2 Å². The van der Waals surface area contributed by atoms with Crippen molar-refractivity contribution in [1.29, 1.82) is 0 Å². The summed E-state index contributed by atoms with van der Waals surface area (Å²) in [6.07, 6.45) is 1.25. The maximum Gasteiger partial charge on any atom is 0.226 e. The van der Waals surface area contributed by atoms with Crippen molar-refractivity contribution < 1.29 is 14.0 Å². The minimum atomic E-state index is -0.509. The van der Waals surface area contributed by atoms with E-state index in [4.69, 9.17) is 11.6 Å². The molecule has 1 aromatic heterocycles. The molecule has 0 fully saturated rings. The van der Waals surface area contributed by atoms with E-state index in [9.17, 15) is 14.0 Å². The van der Waals surface area contributed by atoms with Crippen LogP contribution in [0.3, 0.4) is 0 Å². The Hall–Kier alpha value is -3.05. The molecule has 0 saturated carbocycles. The van der Waals surface area contributed by atoms with E-state index in [0.29, 0.717) is 41.0 Å². The van der Waals surface area contributed by atoms with Crippen LogP contribution in [0.1, 0.15) is 47.1 Å². The van der Waals surface area contributed by atoms with Gasteiger partial charge in [0.1, 0.15) is 5.82 Å². The molecule has 1 heterocycles. The quantitative estimate of drug-likeness (QED) is 0.392. The van der Waals surface area contributed by atoms with E-state index in [1.54, 1.807) is 44.3 Å². The molecule has 0 spiro atoms. The van der Waals surface area contributed by atoms with Gasteiger partial charge in [-0.15, -0.1) is 0 Å². The number of benzene rings is 2. The molecule has 1 amide bonds. The Kier molecular flexibility index (Phi) is 7.41. The number of rotatable bonds is 7. The highest BCUT2D eigenvalue weighted by atomic mass is 35.5. The maximum atomic E-state index is 14.6. The van der Waals surface area contributed by atoms with Gasteiger partial charge >= 0.3 is 0 Å². The molecule has 0 unspecified atom stereocenters. The molecule has 32 heavy (non-hydrogen) atoms. The van der Waals surface area contributed by atoms with E-state index >= 15 is 0 Å². The number of pyridine rings is 1. The van der Waals surface area contributed by atoms with Crippen LogP contribution in [-0.4, -0.2) is 23.7 Å². The molecule has 6 heteroatoms. The van der Waals surface area contributed by atoms with Crippen molar-refractivity contribution in [2.75, 3.05) is 11.9 Å². The number of anilines is 1. The number of carbonyl (C=O) groups excluding carboxylic acids is 2. The second kappa shape index (κ2) is 10.0. The van der Waals surface area contributed by atoms with Gasteiger partial charge in [-0.3, -0.25) is 14.6 Å². The van der Waals surface area contributed by atoms with Crippen LogP contribution in [0, 0.1) is 19.7 Å². The second-order valence-electron chi connectivity index (χ2n) is 7.79. The average Bonchev–Trinajstić information content (AvgIpc) is 2.77. The SMILES string of the molecule is CCC(=O)N(C)c1ccc(-c2ccc(C(=O)CCc3ccc(C)nc3C)cc2Cl)cc1F. The summed E-state index contributed by atoms with van der Waals surface area (Å²) < 4.78 is 14.6. The maximum absolute atomic E-state index is 14.6. The fourth-order valence-electron chi connectivity index (χ4n) is 3.61. The zero-order valence-corrected chi connectivity index (χ0v) is 19.5. The second-order valence-corrected chi connectivity index (χ2v) is 8.19. The van der Waals surface area contributed by atoms with E-state index in [0.717, 1.165) is 17.0 Å². The highest BCUT2D eigenvalue weighted by Crippen LogP contribution is 2.32. The fraction of sp³-hybridized carbons (Fsp3) is 0.269. The molecule has 2 aromatic carbocycles. The Labute approximate surface area is 193 Å². The predicted molar refractivity (Wildman–Crippen MR) is 127 cm³/mol. The number of hydrogen-bond acceptors (Lipinski definition) is 3. The first-order valence-corrected chi connectivity index (χ1v) is 10.9. The van der Waals surface area contributed by atoms with Crippen molar-refractivity contribution in [2.24, 2.45) is 0 Å². The molecule has 0 aliphatic rings. The summed E-state index contributed by atoms with van der Waals surface area (Å²) in [4.78, 5) is 30.3. The van der Waals surface area contributed by atoms with Gasteiger partial charge in [-0.25, -0.2) is 4.39 Å². The lowest BCUT2D eigenvalue weighted by molar-refractivity contribution is -0.118. The number of amides is 1. The van der Waals surface area contributed by atoms with Crippen molar-refractivity contribution in [3.8, 4) is 11.1 Å². The Morgan fingerprint density at radius 3 is 2.44 bits per heavy atom. The van der Waals surface area contributed by atoms with Crippen molar-refractivity contribution in [1.82, 2.24) is 4.98 Å². The summed E-state index contributed by atoms with van der Waals surface area (Å²) >= 11 is 6.45. The molecule has 3 aromatic rings. The third-order valence-corrected chi connectivity index (χ3v) is 5.86. The normalized spacial score (nSPS) is 10.8. The molecule has 0 aliphatic carbocycles. The van der Waals surface area contributed by atoms with Crippen LogP contribution in [0.25, 0.3) is 11.1 Å². The number of aromatic nitrogens is 1. The van der Waals surface area contributed by atoms with Crippen LogP contribution in [0.5, 0.6) is 0 Å². The lowest BCUT2D eigenvalue weighted by atomic mass is 9.98. The van der Waals surface area contributed by atoms with Gasteiger partial charge in [0.15, 0.2) is 5.78 Å². The average molecular weight is 453 g/mol. The van der Waals surface area contributed by atoms with Gasteiger partial charge in [-0.1, -0.05) is 42.8 Å². The van der Waals surface area contributed by atoms with Crippen LogP contribution in [0.4, 0.5) is 10.1 Å². The number of nitrogens with zero attached hydrogens (tertiary/aromatic N) is 2. The molecular formula is C26H26ClFN2O2. The number of aryl methyl sites for hydroxylation is 3. The molecule has 0 N–H and O–H groups in total. The summed E-state index contributed by atoms with van der Waals surface area (Å²) in [6, 6.07) is 13.6. The van der Waals surface area contributed by atoms with Crippen molar-refractivity contribution in [3.05, 3.63) is 81.9 Å². The number of halogens is 2. The number of hydrogen-bond donors (Lipinski definition) is 0. The topological polar surface area (TPSA) is 50.3 Å². The first-order valence-electron chi connectivity index (χ1n) is 10.5. The van der Waals surface area contributed by atoms with Gasteiger partial charge in [0.05, 0.1) is 5.69 Å². The summed E-state index contributed by atoms with van der Waals surface area (Å²) in [7, 11) is 1.55. The van der Waals surface area contributed by atoms with Crippen molar-refractivity contribution >= 4 is 29.0 Å². The van der Waals surface area contributed by atoms with Crippen LogP contribution in [0.15, 0.2) is 48.5 Å². The molecule has 0 saturated heterocycles. The first kappa shape index (κ1) is 23.6. The van der Waals surface area contributed by atoms with E-state index in [-0.39, 0.29) is 17.4 Å². The molecule has 0 atom stereocenters. The summed E-state index contributed by atoms with van der Waals surface area (Å²) in [6.45, 7) is 5.61. The zero-order chi connectivity index (χ0) is 23.4. The predicted octanol–water partition coefficient (Wildman–Crippen LogP) is 6.35. The highest BCUT2D eigenvalue weighted by molar-refractivity contribution is 6.33. The summed E-state index contributed by atoms with van der Waals surface area (Å²) in [5.74, 6) is -0.695. The minimum absolute atomic E-state index is 0.0142. The van der Waals surface area contributed by atoms with Gasteiger partial charge in [0, 0.05) is 47.4 Å². The summed E-state index contributed by atoms with van der Waals surface area (Å²) in [5.41, 5.74) is 4.86. The van der Waals surface area contributed by atoms with Gasteiger partial charge < -0.3 is 4.90 Å². The fourth-order valence-corrected chi connectivity index (χ4v) is 3.90. The minimum Gasteiger partial charge on any atom is -0.313 e. The van der Waals surface area contributed by atoms with Gasteiger partial charge in [0.25, 0.3) is 0 Å². The zero-order valence-electron chi connectivity index (χ0n) is 18.7. The van der Waals surface area contributed by atoms with E-state index in [2.05, 4.69) is 4.98 Å². The molecule has 0 radical (unpaired) electrons. The molecule has 166 valence electrons. The molecule has 0 bridgehead atoms. The molecular weight excluding hydrogens is 427 g/mol. The standard InChI is InChI=1S/C26H26ClFN2O2/c1-5-26(32)30(4)24-12-9-19(15-23(24)28)21-11-8-20(14-22(21)27)25(31)13-10-18-7-6-16(2)29-17(18)3/h6-9,11-12,14-15H,5,10,13H2,1-4H3. The van der Waals surface area contributed by atoms with Crippen LogP contribution < -0.4 is 4.90 Å². The smallest absolute Gasteiger partial charge is 0.226 e. The highest BCUT2D eigenvalue weighted by Gasteiger charge is 2.16. The first-order chi connectivity index (χ1) is 15.2. The van der Waals surface area contributed by atoms with Gasteiger partial charge in [-0.05, 0) is 55.7 Å². The van der Waals surface area contributed by atoms with Gasteiger partial charge in [-0.2, -0.15) is 0 Å². The van der Waals surface area contributed by atoms with E-state index < -0.39 is 5.82 Å². The Morgan fingerprint density at radius 2 is 1.81 bits per heavy atom. The Bertz CT molecular complexity index is 1180. The van der Waals surface area contributed by atoms with Gasteiger partial charge in [0.2, 0.25) is 5.91 Å². The van der Waals surface area contributed by atoms with Crippen molar-refractivity contribution in [3.63, 3.8) is 0 Å². The lowest BCUT2D eigenvalue weighted by Gasteiger charge is -2.18. The monoisotopic (exact) mass is 452 g/mol. The number of carbonyl (C=O) groups is 2. The Balaban J connectivity index is 1.76. The van der Waals surface area contributed by atoms with Crippen LogP contribution >= 0.6 is 11.6 Å². The van der Waals surface area contributed by atoms with Crippen molar-refractivity contribution in [2.45, 2.75) is 40.0 Å². The lowest BCUT2D eigenvalue weighted by Crippen LogP contribution is -2.25. The third-order valence-electron chi connectivity index (χ3n) is 5.54.